The van der Waals surface area contributed by atoms with Crippen molar-refractivity contribution in [2.45, 2.75) is 25.4 Å². The van der Waals surface area contributed by atoms with Crippen LogP contribution in [0.15, 0.2) is 54.6 Å². The highest BCUT2D eigenvalue weighted by molar-refractivity contribution is 5.87. The molecule has 148 valence electrons. The lowest BCUT2D eigenvalue weighted by molar-refractivity contribution is -0.172. The maximum Gasteiger partial charge on any atom is 0.256 e. The second-order valence-corrected chi connectivity index (χ2v) is 7.45. The number of amides is 2. The third-order valence-electron chi connectivity index (χ3n) is 5.16. The lowest BCUT2D eigenvalue weighted by Crippen LogP contribution is -2.61. The van der Waals surface area contributed by atoms with Crippen molar-refractivity contribution in [1.29, 1.82) is 0 Å². The number of carbonyl (C=O) groups is 2. The normalized spacial score (nSPS) is 19.3. The Morgan fingerprint density at radius 1 is 1.07 bits per heavy atom. The predicted octanol–water partition coefficient (Wildman–Crippen LogP) is 2.99. The lowest BCUT2D eigenvalue weighted by Gasteiger charge is -2.43. The van der Waals surface area contributed by atoms with Gasteiger partial charge in [-0.1, -0.05) is 61.5 Å². The monoisotopic (exact) mass is 380 g/mol. The molecule has 1 heterocycles. The van der Waals surface area contributed by atoms with E-state index in [4.69, 9.17) is 4.74 Å². The summed E-state index contributed by atoms with van der Waals surface area (Å²) in [5.41, 5.74) is 2.19. The number of benzene rings is 2. The molecule has 2 amide bonds. The molecule has 0 bridgehead atoms. The first-order valence-electron chi connectivity index (χ1n) is 9.73. The molecule has 0 aliphatic carbocycles. The summed E-state index contributed by atoms with van der Waals surface area (Å²) in [6.07, 6.45) is 0.855. The molecule has 2 aromatic carbocycles. The fourth-order valence-corrected chi connectivity index (χ4v) is 3.76. The SMILES string of the molecule is CCC(=O)N1CCO[C@](Cc2cccc(-c3ccccc3)c2)(C(=O)N(C)C)C1. The van der Waals surface area contributed by atoms with Crippen molar-refractivity contribution in [2.75, 3.05) is 33.8 Å². The molecule has 1 atom stereocenters. The highest BCUT2D eigenvalue weighted by Crippen LogP contribution is 2.28. The first-order valence-corrected chi connectivity index (χ1v) is 9.73. The van der Waals surface area contributed by atoms with E-state index < -0.39 is 5.60 Å². The lowest BCUT2D eigenvalue weighted by atomic mass is 9.89. The van der Waals surface area contributed by atoms with Gasteiger partial charge in [-0.2, -0.15) is 0 Å². The fraction of sp³-hybridized carbons (Fsp3) is 0.391. The van der Waals surface area contributed by atoms with Gasteiger partial charge in [0.05, 0.1) is 13.2 Å². The summed E-state index contributed by atoms with van der Waals surface area (Å²) < 4.78 is 6.08. The van der Waals surface area contributed by atoms with Crippen molar-refractivity contribution in [3.05, 3.63) is 60.2 Å². The Kier molecular flexibility index (Phi) is 6.15. The molecule has 2 aromatic rings. The number of hydrogen-bond donors (Lipinski definition) is 0. The van der Waals surface area contributed by atoms with Crippen LogP contribution in [-0.2, 0) is 20.7 Å². The van der Waals surface area contributed by atoms with Crippen LogP contribution in [0.4, 0.5) is 0 Å². The van der Waals surface area contributed by atoms with Gasteiger partial charge >= 0.3 is 0 Å². The average molecular weight is 380 g/mol. The molecular formula is C23H28N2O3. The van der Waals surface area contributed by atoms with Gasteiger partial charge in [0.25, 0.3) is 5.91 Å². The largest absolute Gasteiger partial charge is 0.361 e. The molecule has 1 aliphatic heterocycles. The topological polar surface area (TPSA) is 49.9 Å². The van der Waals surface area contributed by atoms with Gasteiger partial charge in [-0.05, 0) is 16.7 Å². The van der Waals surface area contributed by atoms with Gasteiger partial charge in [-0.25, -0.2) is 0 Å². The number of ether oxygens (including phenoxy) is 1. The Bertz CT molecular complexity index is 835. The Morgan fingerprint density at radius 3 is 2.46 bits per heavy atom. The van der Waals surface area contributed by atoms with E-state index in [2.05, 4.69) is 24.3 Å². The summed E-state index contributed by atoms with van der Waals surface area (Å²) >= 11 is 0. The van der Waals surface area contributed by atoms with Crippen LogP contribution >= 0.6 is 0 Å². The van der Waals surface area contributed by atoms with Crippen LogP contribution in [-0.4, -0.2) is 61.0 Å². The zero-order valence-corrected chi connectivity index (χ0v) is 16.9. The Morgan fingerprint density at radius 2 is 1.79 bits per heavy atom. The molecule has 1 saturated heterocycles. The molecule has 3 rings (SSSR count). The van der Waals surface area contributed by atoms with Crippen LogP contribution in [0, 0.1) is 0 Å². The summed E-state index contributed by atoms with van der Waals surface area (Å²) in [5.74, 6) is -0.0523. The van der Waals surface area contributed by atoms with Crippen molar-refractivity contribution < 1.29 is 14.3 Å². The predicted molar refractivity (Wildman–Crippen MR) is 110 cm³/mol. The van der Waals surface area contributed by atoms with Crippen molar-refractivity contribution in [1.82, 2.24) is 9.80 Å². The number of morpholine rings is 1. The molecule has 5 heteroatoms. The van der Waals surface area contributed by atoms with E-state index in [1.165, 1.54) is 0 Å². The number of nitrogens with zero attached hydrogens (tertiary/aromatic N) is 2. The second-order valence-electron chi connectivity index (χ2n) is 7.45. The number of rotatable bonds is 5. The smallest absolute Gasteiger partial charge is 0.256 e. The van der Waals surface area contributed by atoms with Crippen LogP contribution in [0.3, 0.4) is 0 Å². The average Bonchev–Trinajstić information content (AvgIpc) is 2.73. The van der Waals surface area contributed by atoms with Crippen molar-refractivity contribution in [3.8, 4) is 11.1 Å². The molecule has 0 N–H and O–H groups in total. The van der Waals surface area contributed by atoms with Crippen molar-refractivity contribution in [3.63, 3.8) is 0 Å². The standard InChI is InChI=1S/C23H28N2O3/c1-4-21(26)25-13-14-28-23(17-25,22(27)24(2)3)16-18-9-8-12-20(15-18)19-10-6-5-7-11-19/h5-12,15H,4,13-14,16-17H2,1-3H3/t23-/m0/s1. The molecule has 0 aromatic heterocycles. The van der Waals surface area contributed by atoms with Gasteiger partial charge < -0.3 is 14.5 Å². The van der Waals surface area contributed by atoms with E-state index in [1.54, 1.807) is 23.9 Å². The van der Waals surface area contributed by atoms with Gasteiger partial charge in [0, 0.05) is 33.5 Å². The van der Waals surface area contributed by atoms with Crippen LogP contribution in [0.1, 0.15) is 18.9 Å². The summed E-state index contributed by atoms with van der Waals surface area (Å²) in [7, 11) is 3.46. The maximum absolute atomic E-state index is 13.1. The van der Waals surface area contributed by atoms with Crippen molar-refractivity contribution in [2.24, 2.45) is 0 Å². The molecule has 28 heavy (non-hydrogen) atoms. The highest BCUT2D eigenvalue weighted by Gasteiger charge is 2.45. The summed E-state index contributed by atoms with van der Waals surface area (Å²) in [5, 5.41) is 0. The quantitative estimate of drug-likeness (QED) is 0.801. The molecule has 0 saturated carbocycles. The summed E-state index contributed by atoms with van der Waals surface area (Å²) in [6, 6.07) is 18.3. The first kappa shape index (κ1) is 20.1. The third kappa shape index (κ3) is 4.25. The van der Waals surface area contributed by atoms with E-state index in [-0.39, 0.29) is 18.4 Å². The van der Waals surface area contributed by atoms with Crippen molar-refractivity contribution >= 4 is 11.8 Å². The van der Waals surface area contributed by atoms with Crippen LogP contribution < -0.4 is 0 Å². The second kappa shape index (κ2) is 8.57. The van der Waals surface area contributed by atoms with Crippen LogP contribution in [0.2, 0.25) is 0 Å². The Labute approximate surface area is 166 Å². The van der Waals surface area contributed by atoms with Gasteiger partial charge in [-0.3, -0.25) is 9.59 Å². The zero-order valence-electron chi connectivity index (χ0n) is 16.9. The maximum atomic E-state index is 13.1. The first-order chi connectivity index (χ1) is 13.4. The minimum Gasteiger partial charge on any atom is -0.361 e. The van der Waals surface area contributed by atoms with Gasteiger partial charge in [-0.15, -0.1) is 0 Å². The van der Waals surface area contributed by atoms with Gasteiger partial charge in [0.2, 0.25) is 5.91 Å². The molecule has 0 unspecified atom stereocenters. The van der Waals surface area contributed by atoms with E-state index in [0.29, 0.717) is 26.0 Å². The van der Waals surface area contributed by atoms with E-state index in [0.717, 1.165) is 16.7 Å². The third-order valence-corrected chi connectivity index (χ3v) is 5.16. The molecule has 0 spiro atoms. The van der Waals surface area contributed by atoms with Gasteiger partial charge in [0.1, 0.15) is 0 Å². The summed E-state index contributed by atoms with van der Waals surface area (Å²) in [6.45, 7) is 3.02. The van der Waals surface area contributed by atoms with Crippen LogP contribution in [0.5, 0.6) is 0 Å². The van der Waals surface area contributed by atoms with E-state index >= 15 is 0 Å². The number of likely N-dealkylation sites (N-methyl/N-ethyl adjacent to an activating group) is 1. The molecule has 1 fully saturated rings. The van der Waals surface area contributed by atoms with Crippen LogP contribution in [0.25, 0.3) is 11.1 Å². The molecule has 1 aliphatic rings. The Balaban J connectivity index is 1.92. The highest BCUT2D eigenvalue weighted by atomic mass is 16.5. The number of carbonyl (C=O) groups excluding carboxylic acids is 2. The Hall–Kier alpha value is -2.66. The number of hydrogen-bond acceptors (Lipinski definition) is 3. The van der Waals surface area contributed by atoms with E-state index in [9.17, 15) is 9.59 Å². The summed E-state index contributed by atoms with van der Waals surface area (Å²) in [4.78, 5) is 28.7. The zero-order chi connectivity index (χ0) is 20.1. The fourth-order valence-electron chi connectivity index (χ4n) is 3.76. The van der Waals surface area contributed by atoms with Gasteiger partial charge in [0.15, 0.2) is 5.60 Å². The molecular weight excluding hydrogens is 352 g/mol. The minimum atomic E-state index is -1.05. The van der Waals surface area contributed by atoms with E-state index in [1.807, 2.05) is 37.3 Å². The molecule has 0 radical (unpaired) electrons. The minimum absolute atomic E-state index is 0.0530. The molecule has 5 nitrogen and oxygen atoms in total.